The van der Waals surface area contributed by atoms with Gasteiger partial charge in [0.25, 0.3) is 0 Å². The number of carbonyl (C=O) groups is 2. The van der Waals surface area contributed by atoms with Crippen molar-refractivity contribution >= 4 is 11.9 Å². The molecular weight excluding hydrogens is 236 g/mol. The van der Waals surface area contributed by atoms with Gasteiger partial charge in [0.1, 0.15) is 0 Å². The Morgan fingerprint density at radius 3 is 1.89 bits per heavy atom. The van der Waals surface area contributed by atoms with Crippen LogP contribution in [0, 0.1) is 5.92 Å². The van der Waals surface area contributed by atoms with Crippen molar-refractivity contribution in [3.05, 3.63) is 0 Å². The van der Waals surface area contributed by atoms with Crippen LogP contribution in [0.1, 0.15) is 58.3 Å². The second-order valence-corrected chi connectivity index (χ2v) is 4.78. The van der Waals surface area contributed by atoms with Gasteiger partial charge >= 0.3 is 11.9 Å². The fourth-order valence-electron chi connectivity index (χ4n) is 2.00. The van der Waals surface area contributed by atoms with E-state index >= 15 is 0 Å². The van der Waals surface area contributed by atoms with Crippen LogP contribution in [-0.4, -0.2) is 33.4 Å². The molecule has 5 heteroatoms. The van der Waals surface area contributed by atoms with Crippen LogP contribution in [0.2, 0.25) is 0 Å². The largest absolute Gasteiger partial charge is 0.481 e. The van der Waals surface area contributed by atoms with Crippen LogP contribution in [0.5, 0.6) is 0 Å². The van der Waals surface area contributed by atoms with Crippen molar-refractivity contribution in [1.29, 1.82) is 0 Å². The van der Waals surface area contributed by atoms with Crippen LogP contribution >= 0.6 is 0 Å². The van der Waals surface area contributed by atoms with E-state index in [-0.39, 0.29) is 18.8 Å². The molecule has 0 fully saturated rings. The molecule has 2 atom stereocenters. The number of aliphatic hydroxyl groups excluding tert-OH is 1. The molecule has 0 saturated carbocycles. The van der Waals surface area contributed by atoms with Crippen LogP contribution in [-0.2, 0) is 9.59 Å². The Labute approximate surface area is 108 Å². The van der Waals surface area contributed by atoms with Gasteiger partial charge in [-0.05, 0) is 38.5 Å². The van der Waals surface area contributed by atoms with E-state index < -0.39 is 18.0 Å². The third-order valence-corrected chi connectivity index (χ3v) is 3.11. The quantitative estimate of drug-likeness (QED) is 0.495. The first kappa shape index (κ1) is 16.9. The van der Waals surface area contributed by atoms with Crippen molar-refractivity contribution < 1.29 is 24.9 Å². The Hall–Kier alpha value is -1.10. The Morgan fingerprint density at radius 2 is 1.39 bits per heavy atom. The Bertz CT molecular complexity index is 250. The third-order valence-electron chi connectivity index (χ3n) is 3.11. The van der Waals surface area contributed by atoms with Gasteiger partial charge in [0.05, 0.1) is 6.10 Å². The number of carboxylic acids is 2. The summed E-state index contributed by atoms with van der Waals surface area (Å²) in [5.41, 5.74) is 0. The van der Waals surface area contributed by atoms with Gasteiger partial charge in [0.15, 0.2) is 0 Å². The molecule has 0 saturated heterocycles. The molecule has 3 N–H and O–H groups in total. The van der Waals surface area contributed by atoms with Crippen LogP contribution in [0.4, 0.5) is 0 Å². The minimum atomic E-state index is -0.805. The van der Waals surface area contributed by atoms with Crippen LogP contribution in [0.15, 0.2) is 0 Å². The lowest BCUT2D eigenvalue weighted by Crippen LogP contribution is -2.17. The smallest absolute Gasteiger partial charge is 0.303 e. The molecule has 0 aliphatic carbocycles. The number of rotatable bonds is 11. The zero-order valence-electron chi connectivity index (χ0n) is 11.0. The predicted octanol–water partition coefficient (Wildman–Crippen LogP) is 2.27. The highest BCUT2D eigenvalue weighted by Gasteiger charge is 2.15. The van der Waals surface area contributed by atoms with Gasteiger partial charge in [0, 0.05) is 12.8 Å². The van der Waals surface area contributed by atoms with E-state index in [1.54, 1.807) is 6.92 Å². The summed E-state index contributed by atoms with van der Waals surface area (Å²) in [6, 6.07) is 0. The first-order valence-corrected chi connectivity index (χ1v) is 6.55. The topological polar surface area (TPSA) is 94.8 Å². The molecule has 0 heterocycles. The normalized spacial score (nSPS) is 14.1. The highest BCUT2D eigenvalue weighted by Crippen LogP contribution is 2.20. The van der Waals surface area contributed by atoms with Gasteiger partial charge in [-0.1, -0.05) is 12.8 Å². The number of hydrogen-bond acceptors (Lipinski definition) is 3. The third kappa shape index (κ3) is 10.1. The van der Waals surface area contributed by atoms with Gasteiger partial charge in [-0.3, -0.25) is 9.59 Å². The Kier molecular flexibility index (Phi) is 9.28. The highest BCUT2D eigenvalue weighted by molar-refractivity contribution is 5.66. The van der Waals surface area contributed by atoms with Crippen molar-refractivity contribution in [3.8, 4) is 0 Å². The summed E-state index contributed by atoms with van der Waals surface area (Å²) in [6.45, 7) is 1.72. The summed E-state index contributed by atoms with van der Waals surface area (Å²) in [5.74, 6) is -1.46. The second-order valence-electron chi connectivity index (χ2n) is 4.78. The van der Waals surface area contributed by atoms with E-state index in [4.69, 9.17) is 10.2 Å². The minimum absolute atomic E-state index is 0.120. The summed E-state index contributed by atoms with van der Waals surface area (Å²) in [6.07, 6.45) is 4.42. The summed E-state index contributed by atoms with van der Waals surface area (Å²) in [5, 5.41) is 26.6. The average molecular weight is 260 g/mol. The molecule has 106 valence electrons. The molecule has 5 nitrogen and oxygen atoms in total. The van der Waals surface area contributed by atoms with E-state index in [0.717, 1.165) is 19.3 Å². The van der Waals surface area contributed by atoms with E-state index in [1.165, 1.54) is 0 Å². The second kappa shape index (κ2) is 9.88. The van der Waals surface area contributed by atoms with E-state index in [2.05, 4.69) is 0 Å². The summed E-state index contributed by atoms with van der Waals surface area (Å²) in [7, 11) is 0. The monoisotopic (exact) mass is 260 g/mol. The molecule has 0 aliphatic heterocycles. The van der Waals surface area contributed by atoms with Crippen molar-refractivity contribution in [1.82, 2.24) is 0 Å². The maximum absolute atomic E-state index is 10.4. The van der Waals surface area contributed by atoms with Crippen molar-refractivity contribution in [2.75, 3.05) is 0 Å². The number of carboxylic acid groups (broad SMARTS) is 2. The lowest BCUT2D eigenvalue weighted by atomic mass is 9.91. The molecule has 0 aromatic carbocycles. The van der Waals surface area contributed by atoms with Gasteiger partial charge in [-0.25, -0.2) is 0 Å². The molecule has 0 radical (unpaired) electrons. The average Bonchev–Trinajstić information content (AvgIpc) is 2.25. The van der Waals surface area contributed by atoms with E-state index in [9.17, 15) is 14.7 Å². The highest BCUT2D eigenvalue weighted by atomic mass is 16.4. The standard InChI is InChI=1S/C13H24O5/c1-10(14)11(7-5-9-13(17)18)6-3-2-4-8-12(15)16/h10-11,14H,2-9H2,1H3,(H,15,16)(H,17,18). The van der Waals surface area contributed by atoms with Crippen molar-refractivity contribution in [2.24, 2.45) is 5.92 Å². The van der Waals surface area contributed by atoms with Crippen LogP contribution in [0.25, 0.3) is 0 Å². The summed E-state index contributed by atoms with van der Waals surface area (Å²) < 4.78 is 0. The molecule has 2 unspecified atom stereocenters. The molecule has 0 bridgehead atoms. The number of aliphatic hydroxyl groups is 1. The van der Waals surface area contributed by atoms with Gasteiger partial charge in [-0.15, -0.1) is 0 Å². The van der Waals surface area contributed by atoms with Crippen LogP contribution in [0.3, 0.4) is 0 Å². The van der Waals surface area contributed by atoms with Gasteiger partial charge in [0.2, 0.25) is 0 Å². The Balaban J connectivity index is 3.69. The number of unbranched alkanes of at least 4 members (excludes halogenated alkanes) is 2. The minimum Gasteiger partial charge on any atom is -0.481 e. The molecule has 0 aromatic heterocycles. The first-order chi connectivity index (χ1) is 8.43. The van der Waals surface area contributed by atoms with Gasteiger partial charge in [-0.2, -0.15) is 0 Å². The molecule has 0 aromatic rings. The molecule has 0 spiro atoms. The first-order valence-electron chi connectivity index (χ1n) is 6.55. The fraction of sp³-hybridized carbons (Fsp3) is 0.846. The van der Waals surface area contributed by atoms with E-state index in [1.807, 2.05) is 0 Å². The number of hydrogen-bond donors (Lipinski definition) is 3. The molecule has 0 amide bonds. The number of aliphatic carboxylic acids is 2. The van der Waals surface area contributed by atoms with Crippen molar-refractivity contribution in [2.45, 2.75) is 64.4 Å². The molecule has 18 heavy (non-hydrogen) atoms. The lowest BCUT2D eigenvalue weighted by molar-refractivity contribution is -0.138. The molecular formula is C13H24O5. The SMILES string of the molecule is CC(O)C(CCCCCC(=O)O)CCCC(=O)O. The van der Waals surface area contributed by atoms with Gasteiger partial charge < -0.3 is 15.3 Å². The maximum atomic E-state index is 10.4. The Morgan fingerprint density at radius 1 is 0.889 bits per heavy atom. The predicted molar refractivity (Wildman–Crippen MR) is 67.4 cm³/mol. The zero-order valence-corrected chi connectivity index (χ0v) is 11.0. The maximum Gasteiger partial charge on any atom is 0.303 e. The lowest BCUT2D eigenvalue weighted by Gasteiger charge is -2.19. The van der Waals surface area contributed by atoms with Crippen molar-refractivity contribution in [3.63, 3.8) is 0 Å². The summed E-state index contributed by atoms with van der Waals surface area (Å²) in [4.78, 5) is 20.7. The molecule has 0 aliphatic rings. The summed E-state index contributed by atoms with van der Waals surface area (Å²) >= 11 is 0. The fourth-order valence-corrected chi connectivity index (χ4v) is 2.00. The van der Waals surface area contributed by atoms with Crippen LogP contribution < -0.4 is 0 Å². The zero-order chi connectivity index (χ0) is 14.0. The van der Waals surface area contributed by atoms with E-state index in [0.29, 0.717) is 19.3 Å². The molecule has 0 rings (SSSR count).